The number of imidazole rings is 1. The van der Waals surface area contributed by atoms with Gasteiger partial charge < -0.3 is 10.3 Å². The van der Waals surface area contributed by atoms with E-state index in [2.05, 4.69) is 32.3 Å². The van der Waals surface area contributed by atoms with Crippen molar-refractivity contribution < 1.29 is 0 Å². The fourth-order valence-corrected chi connectivity index (χ4v) is 4.24. The molecule has 2 heterocycles. The fraction of sp³-hybridized carbons (Fsp3) is 0.833. The van der Waals surface area contributed by atoms with Crippen molar-refractivity contribution in [2.45, 2.75) is 78.7 Å². The Labute approximate surface area is 129 Å². The molecule has 1 saturated carbocycles. The Balaban J connectivity index is 1.75. The molecule has 2 aliphatic rings. The first kappa shape index (κ1) is 14.9. The van der Waals surface area contributed by atoms with Crippen molar-refractivity contribution in [3.8, 4) is 0 Å². The highest BCUT2D eigenvalue weighted by molar-refractivity contribution is 5.41. The topological polar surface area (TPSA) is 43.8 Å². The van der Waals surface area contributed by atoms with Crippen LogP contribution >= 0.6 is 0 Å². The molecule has 0 bridgehead atoms. The predicted molar refractivity (Wildman–Crippen MR) is 88.3 cm³/mol. The van der Waals surface area contributed by atoms with Crippen LogP contribution in [0.25, 0.3) is 0 Å². The Morgan fingerprint density at radius 3 is 2.38 bits per heavy atom. The van der Waals surface area contributed by atoms with Crippen molar-refractivity contribution in [2.24, 2.45) is 17.3 Å². The second kappa shape index (κ2) is 5.33. The van der Waals surface area contributed by atoms with E-state index >= 15 is 0 Å². The third-order valence-corrected chi connectivity index (χ3v) is 5.81. The van der Waals surface area contributed by atoms with Crippen molar-refractivity contribution in [1.29, 1.82) is 0 Å². The van der Waals surface area contributed by atoms with Gasteiger partial charge in [0.2, 0.25) is 0 Å². The number of anilines is 1. The van der Waals surface area contributed by atoms with Crippen molar-refractivity contribution in [1.82, 2.24) is 9.55 Å². The summed E-state index contributed by atoms with van der Waals surface area (Å²) in [6.45, 7) is 10.5. The first-order valence-electron chi connectivity index (χ1n) is 8.71. The van der Waals surface area contributed by atoms with E-state index in [1.807, 2.05) is 0 Å². The summed E-state index contributed by atoms with van der Waals surface area (Å²) < 4.78 is 2.29. The van der Waals surface area contributed by atoms with Crippen molar-refractivity contribution in [3.05, 3.63) is 11.5 Å². The molecule has 1 aromatic heterocycles. The number of nitrogens with zero attached hydrogens (tertiary/aromatic N) is 2. The van der Waals surface area contributed by atoms with Gasteiger partial charge in [-0.2, -0.15) is 0 Å². The molecule has 1 aromatic rings. The lowest BCUT2D eigenvalue weighted by Crippen LogP contribution is -2.25. The number of nitrogen functional groups attached to an aromatic ring is 1. The highest BCUT2D eigenvalue weighted by Gasteiger charge is 2.33. The van der Waals surface area contributed by atoms with Crippen molar-refractivity contribution >= 4 is 5.82 Å². The van der Waals surface area contributed by atoms with Gasteiger partial charge in [0.15, 0.2) is 0 Å². The summed E-state index contributed by atoms with van der Waals surface area (Å²) in [7, 11) is 0. The average molecular weight is 289 g/mol. The van der Waals surface area contributed by atoms with Gasteiger partial charge in [0.25, 0.3) is 0 Å². The maximum atomic E-state index is 6.44. The molecule has 3 heteroatoms. The largest absolute Gasteiger partial charge is 0.384 e. The van der Waals surface area contributed by atoms with Crippen molar-refractivity contribution in [3.63, 3.8) is 0 Å². The first-order valence-corrected chi connectivity index (χ1v) is 8.71. The van der Waals surface area contributed by atoms with Gasteiger partial charge in [-0.05, 0) is 49.4 Å². The smallest absolute Gasteiger partial charge is 0.127 e. The number of hydrogen-bond acceptors (Lipinski definition) is 2. The van der Waals surface area contributed by atoms with Gasteiger partial charge in [-0.1, -0.05) is 27.7 Å². The Bertz CT molecular complexity index is 501. The lowest BCUT2D eigenvalue weighted by molar-refractivity contribution is 0.168. The summed E-state index contributed by atoms with van der Waals surface area (Å²) in [6, 6.07) is 0. The third kappa shape index (κ3) is 2.84. The molecule has 1 aliphatic heterocycles. The molecule has 1 unspecified atom stereocenters. The van der Waals surface area contributed by atoms with Crippen LogP contribution in [0.1, 0.15) is 77.2 Å². The summed E-state index contributed by atoms with van der Waals surface area (Å²) in [5, 5.41) is 0. The number of nitrogens with two attached hydrogens (primary N) is 1. The average Bonchev–Trinajstić information content (AvgIpc) is 2.75. The van der Waals surface area contributed by atoms with Gasteiger partial charge in [-0.15, -0.1) is 0 Å². The minimum absolute atomic E-state index is 0.444. The van der Waals surface area contributed by atoms with Crippen LogP contribution in [-0.4, -0.2) is 9.55 Å². The quantitative estimate of drug-likeness (QED) is 0.834. The number of aromatic nitrogens is 2. The lowest BCUT2D eigenvalue weighted by atomic mass is 9.69. The minimum Gasteiger partial charge on any atom is -0.384 e. The molecule has 3 rings (SSSR count). The Morgan fingerprint density at radius 2 is 1.76 bits per heavy atom. The molecule has 0 radical (unpaired) electrons. The van der Waals surface area contributed by atoms with E-state index in [1.54, 1.807) is 0 Å². The number of rotatable bonds is 1. The second-order valence-electron chi connectivity index (χ2n) is 8.47. The molecule has 0 amide bonds. The highest BCUT2D eigenvalue weighted by atomic mass is 15.2. The van der Waals surface area contributed by atoms with E-state index in [9.17, 15) is 0 Å². The molecule has 118 valence electrons. The summed E-state index contributed by atoms with van der Waals surface area (Å²) >= 11 is 0. The molecule has 0 saturated heterocycles. The van der Waals surface area contributed by atoms with Crippen LogP contribution in [-0.2, 0) is 13.0 Å². The molecule has 21 heavy (non-hydrogen) atoms. The predicted octanol–water partition coefficient (Wildman–Crippen LogP) is 4.37. The third-order valence-electron chi connectivity index (χ3n) is 5.81. The van der Waals surface area contributed by atoms with Gasteiger partial charge in [0, 0.05) is 18.9 Å². The molecule has 0 spiro atoms. The van der Waals surface area contributed by atoms with Crippen LogP contribution in [0.5, 0.6) is 0 Å². The van der Waals surface area contributed by atoms with Crippen LogP contribution in [0.3, 0.4) is 0 Å². The minimum atomic E-state index is 0.444. The number of aryl methyl sites for hydroxylation is 1. The first-order chi connectivity index (χ1) is 9.86. The monoisotopic (exact) mass is 289 g/mol. The standard InChI is InChI=1S/C18H31N3/c1-12-5-10-15-20-16(17(19)21(15)11-12)13-6-8-14(9-7-13)18(2,3)4/h12-14H,5-11,19H2,1-4H3. The molecular weight excluding hydrogens is 258 g/mol. The summed E-state index contributed by atoms with van der Waals surface area (Å²) in [5.41, 5.74) is 8.10. The summed E-state index contributed by atoms with van der Waals surface area (Å²) in [5.74, 6) is 4.39. The zero-order valence-electron chi connectivity index (χ0n) is 14.2. The molecule has 1 fully saturated rings. The van der Waals surface area contributed by atoms with Crippen molar-refractivity contribution in [2.75, 3.05) is 5.73 Å². The SMILES string of the molecule is CC1CCc2nc(C3CCC(C(C)(C)C)CC3)c(N)n2C1. The molecule has 1 atom stereocenters. The van der Waals surface area contributed by atoms with Gasteiger partial charge in [0.1, 0.15) is 11.6 Å². The van der Waals surface area contributed by atoms with Crippen LogP contribution in [0.15, 0.2) is 0 Å². The van der Waals surface area contributed by atoms with E-state index in [0.717, 1.165) is 30.6 Å². The normalized spacial score (nSPS) is 30.2. The van der Waals surface area contributed by atoms with Crippen LogP contribution in [0.2, 0.25) is 0 Å². The van der Waals surface area contributed by atoms with Gasteiger partial charge >= 0.3 is 0 Å². The van der Waals surface area contributed by atoms with Gasteiger partial charge in [0.05, 0.1) is 5.69 Å². The van der Waals surface area contributed by atoms with Crippen LogP contribution in [0.4, 0.5) is 5.82 Å². The zero-order valence-corrected chi connectivity index (χ0v) is 14.2. The molecule has 3 nitrogen and oxygen atoms in total. The molecule has 0 aromatic carbocycles. The summed E-state index contributed by atoms with van der Waals surface area (Å²) in [6.07, 6.45) is 7.53. The van der Waals surface area contributed by atoms with Crippen LogP contribution in [0, 0.1) is 17.3 Å². The van der Waals surface area contributed by atoms with E-state index in [1.165, 1.54) is 43.6 Å². The van der Waals surface area contributed by atoms with Gasteiger partial charge in [-0.3, -0.25) is 0 Å². The number of fused-ring (bicyclic) bond motifs is 1. The Hall–Kier alpha value is -0.990. The maximum Gasteiger partial charge on any atom is 0.127 e. The second-order valence-corrected chi connectivity index (χ2v) is 8.47. The van der Waals surface area contributed by atoms with Crippen LogP contribution < -0.4 is 5.73 Å². The fourth-order valence-electron chi connectivity index (χ4n) is 4.24. The van der Waals surface area contributed by atoms with Gasteiger partial charge in [-0.25, -0.2) is 4.98 Å². The highest BCUT2D eigenvalue weighted by Crippen LogP contribution is 2.44. The zero-order chi connectivity index (χ0) is 15.2. The molecule has 2 N–H and O–H groups in total. The summed E-state index contributed by atoms with van der Waals surface area (Å²) in [4.78, 5) is 4.93. The Morgan fingerprint density at radius 1 is 1.10 bits per heavy atom. The van der Waals surface area contributed by atoms with E-state index in [4.69, 9.17) is 10.7 Å². The van der Waals surface area contributed by atoms with E-state index in [-0.39, 0.29) is 0 Å². The Kier molecular flexibility index (Phi) is 3.79. The molecular formula is C18H31N3. The number of hydrogen-bond donors (Lipinski definition) is 1. The van der Waals surface area contributed by atoms with E-state index in [0.29, 0.717) is 11.3 Å². The van der Waals surface area contributed by atoms with E-state index < -0.39 is 0 Å². The maximum absolute atomic E-state index is 6.44. The molecule has 1 aliphatic carbocycles. The lowest BCUT2D eigenvalue weighted by Gasteiger charge is -2.36.